The lowest BCUT2D eigenvalue weighted by molar-refractivity contribution is -0.138. The van der Waals surface area contributed by atoms with Gasteiger partial charge in [0.15, 0.2) is 0 Å². The molecule has 0 aromatic heterocycles. The maximum atomic E-state index is 13.0. The van der Waals surface area contributed by atoms with Crippen molar-refractivity contribution in [1.82, 2.24) is 4.90 Å². The number of carbonyl (C=O) groups excluding carboxylic acids is 2. The first kappa shape index (κ1) is 21.1. The van der Waals surface area contributed by atoms with Crippen LogP contribution in [0.5, 0.6) is 0 Å². The van der Waals surface area contributed by atoms with Crippen molar-refractivity contribution in [3.63, 3.8) is 0 Å². The van der Waals surface area contributed by atoms with Crippen molar-refractivity contribution in [3.05, 3.63) is 65.7 Å². The fourth-order valence-electron chi connectivity index (χ4n) is 4.20. The van der Waals surface area contributed by atoms with E-state index in [2.05, 4.69) is 30.4 Å². The number of hydrogen-bond donors (Lipinski definition) is 1. The van der Waals surface area contributed by atoms with Crippen molar-refractivity contribution in [3.8, 4) is 0 Å². The quantitative estimate of drug-likeness (QED) is 0.717. The van der Waals surface area contributed by atoms with Crippen LogP contribution in [0.3, 0.4) is 0 Å². The second kappa shape index (κ2) is 10.2. The Kier molecular flexibility index (Phi) is 7.45. The van der Waals surface area contributed by atoms with E-state index in [0.717, 1.165) is 48.9 Å². The minimum Gasteiger partial charge on any atom is -0.338 e. The van der Waals surface area contributed by atoms with Gasteiger partial charge >= 0.3 is 0 Å². The Morgan fingerprint density at radius 2 is 1.52 bits per heavy atom. The van der Waals surface area contributed by atoms with Gasteiger partial charge in [-0.2, -0.15) is 0 Å². The maximum Gasteiger partial charge on any atom is 0.227 e. The van der Waals surface area contributed by atoms with Gasteiger partial charge in [0.2, 0.25) is 11.8 Å². The Morgan fingerprint density at radius 1 is 0.897 bits per heavy atom. The minimum absolute atomic E-state index is 0.00633. The Morgan fingerprint density at radius 3 is 2.17 bits per heavy atom. The van der Waals surface area contributed by atoms with Gasteiger partial charge in [0.05, 0.1) is 0 Å². The number of benzene rings is 2. The highest BCUT2D eigenvalue weighted by Crippen LogP contribution is 2.31. The van der Waals surface area contributed by atoms with Gasteiger partial charge in [0, 0.05) is 30.6 Å². The van der Waals surface area contributed by atoms with Crippen LogP contribution in [0.2, 0.25) is 0 Å². The Hall–Kier alpha value is -2.62. The van der Waals surface area contributed by atoms with E-state index in [1.165, 1.54) is 0 Å². The zero-order chi connectivity index (χ0) is 20.6. The zero-order valence-corrected chi connectivity index (χ0v) is 17.6. The lowest BCUT2D eigenvalue weighted by Gasteiger charge is -2.31. The van der Waals surface area contributed by atoms with E-state index in [0.29, 0.717) is 13.1 Å². The molecule has 1 fully saturated rings. The second-order valence-electron chi connectivity index (χ2n) is 7.89. The molecule has 0 aliphatic heterocycles. The summed E-state index contributed by atoms with van der Waals surface area (Å²) in [7, 11) is 0. The van der Waals surface area contributed by atoms with Crippen molar-refractivity contribution in [2.24, 2.45) is 11.8 Å². The number of nitrogens with one attached hydrogen (secondary N) is 1. The predicted octanol–water partition coefficient (Wildman–Crippen LogP) is 5.04. The van der Waals surface area contributed by atoms with E-state index >= 15 is 0 Å². The van der Waals surface area contributed by atoms with Crippen molar-refractivity contribution in [2.45, 2.75) is 52.5 Å². The van der Waals surface area contributed by atoms with Gasteiger partial charge < -0.3 is 10.2 Å². The summed E-state index contributed by atoms with van der Waals surface area (Å²) in [4.78, 5) is 27.7. The van der Waals surface area contributed by atoms with Crippen LogP contribution in [0.25, 0.3) is 0 Å². The first-order chi connectivity index (χ1) is 14.1. The van der Waals surface area contributed by atoms with Crippen LogP contribution >= 0.6 is 0 Å². The number of para-hydroxylation sites is 1. The normalized spacial score (nSPS) is 18.8. The molecule has 154 valence electrons. The first-order valence-electron chi connectivity index (χ1n) is 10.8. The number of amides is 2. The number of nitrogens with zero attached hydrogens (tertiary/aromatic N) is 1. The molecule has 1 aliphatic carbocycles. The van der Waals surface area contributed by atoms with Gasteiger partial charge in [-0.15, -0.1) is 0 Å². The number of hydrogen-bond acceptors (Lipinski definition) is 2. The highest BCUT2D eigenvalue weighted by atomic mass is 16.2. The van der Waals surface area contributed by atoms with E-state index in [4.69, 9.17) is 0 Å². The molecule has 2 aromatic carbocycles. The second-order valence-corrected chi connectivity index (χ2v) is 7.89. The van der Waals surface area contributed by atoms with Gasteiger partial charge in [-0.1, -0.05) is 55.5 Å². The molecule has 3 rings (SSSR count). The standard InChI is InChI=1S/C25H32N2O2/c1-3-20-12-8-9-13-23(20)26-24(28)21-14-16-22(17-15-21)25(29)27(4-2)18-19-10-6-5-7-11-19/h5-13,21-22H,3-4,14-18H2,1-2H3,(H,26,28). The first-order valence-corrected chi connectivity index (χ1v) is 10.8. The lowest BCUT2D eigenvalue weighted by Crippen LogP contribution is -2.38. The average molecular weight is 393 g/mol. The average Bonchev–Trinajstić information content (AvgIpc) is 2.78. The van der Waals surface area contributed by atoms with Gasteiger partial charge in [0.25, 0.3) is 0 Å². The molecule has 4 nitrogen and oxygen atoms in total. The smallest absolute Gasteiger partial charge is 0.227 e. The molecule has 0 bridgehead atoms. The molecule has 0 heterocycles. The highest BCUT2D eigenvalue weighted by molar-refractivity contribution is 5.93. The van der Waals surface area contributed by atoms with E-state index in [-0.39, 0.29) is 23.7 Å². The van der Waals surface area contributed by atoms with E-state index in [1.807, 2.05) is 48.2 Å². The lowest BCUT2D eigenvalue weighted by atomic mass is 9.80. The summed E-state index contributed by atoms with van der Waals surface area (Å²) < 4.78 is 0. The molecule has 1 N–H and O–H groups in total. The molecule has 4 heteroatoms. The molecule has 2 amide bonds. The Bertz CT molecular complexity index is 811. The maximum absolute atomic E-state index is 13.0. The molecule has 0 atom stereocenters. The van der Waals surface area contributed by atoms with Crippen LogP contribution in [-0.4, -0.2) is 23.3 Å². The Balaban J connectivity index is 1.53. The number of rotatable bonds is 7. The summed E-state index contributed by atoms with van der Waals surface area (Å²) >= 11 is 0. The van der Waals surface area contributed by atoms with Crippen LogP contribution in [0.4, 0.5) is 5.69 Å². The number of carbonyl (C=O) groups is 2. The Labute approximate surface area is 174 Å². The number of anilines is 1. The third-order valence-corrected chi connectivity index (χ3v) is 6.01. The third-order valence-electron chi connectivity index (χ3n) is 6.01. The van der Waals surface area contributed by atoms with Crippen molar-refractivity contribution >= 4 is 17.5 Å². The summed E-state index contributed by atoms with van der Waals surface area (Å²) in [5.41, 5.74) is 3.23. The van der Waals surface area contributed by atoms with Gasteiger partial charge in [-0.3, -0.25) is 9.59 Å². The molecule has 1 aliphatic rings. The molecule has 0 saturated heterocycles. The topological polar surface area (TPSA) is 49.4 Å². The van der Waals surface area contributed by atoms with Gasteiger partial charge in [-0.05, 0) is 56.2 Å². The van der Waals surface area contributed by atoms with Crippen LogP contribution in [0, 0.1) is 11.8 Å². The van der Waals surface area contributed by atoms with Crippen molar-refractivity contribution in [1.29, 1.82) is 0 Å². The predicted molar refractivity (Wildman–Crippen MR) is 117 cm³/mol. The fourth-order valence-corrected chi connectivity index (χ4v) is 4.20. The summed E-state index contributed by atoms with van der Waals surface area (Å²) in [6.45, 7) is 5.49. The van der Waals surface area contributed by atoms with Crippen LogP contribution in [0.1, 0.15) is 50.7 Å². The SMILES string of the molecule is CCc1ccccc1NC(=O)C1CCC(C(=O)N(CC)Cc2ccccc2)CC1. The molecule has 2 aromatic rings. The summed E-state index contributed by atoms with van der Waals surface area (Å²) in [5.74, 6) is 0.346. The van der Waals surface area contributed by atoms with Crippen LogP contribution < -0.4 is 5.32 Å². The fraction of sp³-hybridized carbons (Fsp3) is 0.440. The monoisotopic (exact) mass is 392 g/mol. The molecule has 0 radical (unpaired) electrons. The summed E-state index contributed by atoms with van der Waals surface area (Å²) in [6, 6.07) is 18.1. The zero-order valence-electron chi connectivity index (χ0n) is 17.6. The van der Waals surface area contributed by atoms with Crippen LogP contribution in [-0.2, 0) is 22.6 Å². The highest BCUT2D eigenvalue weighted by Gasteiger charge is 2.32. The number of aryl methyl sites for hydroxylation is 1. The molecular weight excluding hydrogens is 360 g/mol. The van der Waals surface area contributed by atoms with Gasteiger partial charge in [-0.25, -0.2) is 0 Å². The van der Waals surface area contributed by atoms with Crippen molar-refractivity contribution < 1.29 is 9.59 Å². The minimum atomic E-state index is -0.00633. The molecule has 29 heavy (non-hydrogen) atoms. The van der Waals surface area contributed by atoms with Gasteiger partial charge in [0.1, 0.15) is 0 Å². The third kappa shape index (κ3) is 5.47. The van der Waals surface area contributed by atoms with E-state index < -0.39 is 0 Å². The molecule has 0 unspecified atom stereocenters. The molecule has 1 saturated carbocycles. The molecular formula is C25H32N2O2. The largest absolute Gasteiger partial charge is 0.338 e. The van der Waals surface area contributed by atoms with Crippen molar-refractivity contribution in [2.75, 3.05) is 11.9 Å². The van der Waals surface area contributed by atoms with E-state index in [9.17, 15) is 9.59 Å². The summed E-state index contributed by atoms with van der Waals surface area (Å²) in [5, 5.41) is 3.11. The van der Waals surface area contributed by atoms with Crippen LogP contribution in [0.15, 0.2) is 54.6 Å². The van der Waals surface area contributed by atoms with E-state index in [1.54, 1.807) is 0 Å². The molecule has 0 spiro atoms. The summed E-state index contributed by atoms with van der Waals surface area (Å²) in [6.07, 6.45) is 4.03.